The van der Waals surface area contributed by atoms with E-state index in [0.717, 1.165) is 16.8 Å². The van der Waals surface area contributed by atoms with Crippen molar-refractivity contribution in [2.75, 3.05) is 0 Å². The van der Waals surface area contributed by atoms with E-state index in [-0.39, 0.29) is 5.82 Å². The summed E-state index contributed by atoms with van der Waals surface area (Å²) in [6, 6.07) is 14.5. The quantitative estimate of drug-likeness (QED) is 0.783. The van der Waals surface area contributed by atoms with E-state index in [1.165, 1.54) is 6.07 Å². The molecule has 0 amide bonds. The summed E-state index contributed by atoms with van der Waals surface area (Å²) in [5.74, 6) is -0.210. The fourth-order valence-corrected chi connectivity index (χ4v) is 1.94. The first-order chi connectivity index (χ1) is 9.83. The zero-order valence-corrected chi connectivity index (χ0v) is 10.6. The molecule has 20 heavy (non-hydrogen) atoms. The average Bonchev–Trinajstić information content (AvgIpc) is 3.00. The maximum absolute atomic E-state index is 13.7. The summed E-state index contributed by atoms with van der Waals surface area (Å²) in [5.41, 5.74) is 3.26. The highest BCUT2D eigenvalue weighted by atomic mass is 19.1. The van der Waals surface area contributed by atoms with Gasteiger partial charge in [-0.3, -0.25) is 0 Å². The molecule has 0 fully saturated rings. The Kier molecular flexibility index (Phi) is 3.37. The van der Waals surface area contributed by atoms with Gasteiger partial charge in [-0.2, -0.15) is 15.4 Å². The van der Waals surface area contributed by atoms with Crippen LogP contribution in [0.4, 0.5) is 4.39 Å². The number of halogens is 1. The smallest absolute Gasteiger partial charge is 0.131 e. The van der Waals surface area contributed by atoms with Crippen LogP contribution in [-0.2, 0) is 0 Å². The second-order valence-electron chi connectivity index (χ2n) is 4.33. The van der Waals surface area contributed by atoms with E-state index < -0.39 is 0 Å². The lowest BCUT2D eigenvalue weighted by atomic mass is 10.0. The maximum Gasteiger partial charge on any atom is 0.131 e. The van der Waals surface area contributed by atoms with Crippen LogP contribution in [0.3, 0.4) is 0 Å². The van der Waals surface area contributed by atoms with Crippen molar-refractivity contribution in [3.63, 3.8) is 0 Å². The number of benzene rings is 2. The van der Waals surface area contributed by atoms with Crippen molar-refractivity contribution in [1.29, 1.82) is 0 Å². The Hall–Kier alpha value is -2.75. The minimum Gasteiger partial charge on any atom is -0.206 e. The first-order valence-electron chi connectivity index (χ1n) is 6.22. The van der Waals surface area contributed by atoms with Gasteiger partial charge < -0.3 is 0 Å². The molecule has 0 radical (unpaired) electrons. The topological polar surface area (TPSA) is 41.6 Å². The lowest BCUT2D eigenvalue weighted by molar-refractivity contribution is 0.631. The second kappa shape index (κ2) is 5.48. The van der Waals surface area contributed by atoms with Crippen molar-refractivity contribution in [3.8, 4) is 11.1 Å². The van der Waals surface area contributed by atoms with Crippen molar-refractivity contribution in [2.45, 2.75) is 0 Å². The number of H-pyrrole nitrogens is 1. The van der Waals surface area contributed by atoms with Gasteiger partial charge in [0.15, 0.2) is 0 Å². The molecule has 1 N–H and O–H groups in total. The van der Waals surface area contributed by atoms with E-state index in [9.17, 15) is 4.39 Å². The highest BCUT2D eigenvalue weighted by Crippen LogP contribution is 2.23. The van der Waals surface area contributed by atoms with Gasteiger partial charge in [0.25, 0.3) is 0 Å². The second-order valence-corrected chi connectivity index (χ2v) is 4.33. The number of nitrogens with one attached hydrogen (secondary N) is 1. The molecular weight excluding hydrogens is 253 g/mol. The zero-order valence-electron chi connectivity index (χ0n) is 10.6. The molecule has 0 saturated heterocycles. The summed E-state index contributed by atoms with van der Waals surface area (Å²) in [7, 11) is 0. The van der Waals surface area contributed by atoms with E-state index in [2.05, 4.69) is 15.4 Å². The predicted octanol–water partition coefficient (Wildman–Crippen LogP) is 3.78. The van der Waals surface area contributed by atoms with Gasteiger partial charge >= 0.3 is 0 Å². The van der Waals surface area contributed by atoms with Crippen molar-refractivity contribution in [2.24, 2.45) is 0 Å². The molecule has 4 heteroatoms. The third-order valence-corrected chi connectivity index (χ3v) is 2.98. The lowest BCUT2D eigenvalue weighted by Gasteiger charge is -2.03. The molecule has 0 aliphatic heterocycles. The molecule has 3 nitrogen and oxygen atoms in total. The number of aromatic amines is 1. The van der Waals surface area contributed by atoms with E-state index in [0.29, 0.717) is 5.56 Å². The van der Waals surface area contributed by atoms with Crippen LogP contribution in [0.5, 0.6) is 0 Å². The van der Waals surface area contributed by atoms with E-state index in [4.69, 9.17) is 0 Å². The molecule has 0 spiro atoms. The average molecular weight is 265 g/mol. The van der Waals surface area contributed by atoms with Gasteiger partial charge in [-0.1, -0.05) is 48.5 Å². The summed E-state index contributed by atoms with van der Waals surface area (Å²) in [6.07, 6.45) is 5.44. The molecule has 0 bridgehead atoms. The predicted molar refractivity (Wildman–Crippen MR) is 77.1 cm³/mol. The van der Waals surface area contributed by atoms with Crippen LogP contribution in [-0.4, -0.2) is 15.4 Å². The monoisotopic (exact) mass is 265 g/mol. The number of nitrogens with zero attached hydrogens (tertiary/aromatic N) is 2. The van der Waals surface area contributed by atoms with E-state index >= 15 is 0 Å². The van der Waals surface area contributed by atoms with Gasteiger partial charge in [0.1, 0.15) is 11.5 Å². The number of rotatable bonds is 3. The van der Waals surface area contributed by atoms with Crippen LogP contribution in [0.1, 0.15) is 11.3 Å². The molecule has 3 rings (SSSR count). The largest absolute Gasteiger partial charge is 0.206 e. The summed E-state index contributed by atoms with van der Waals surface area (Å²) in [4.78, 5) is 0. The third kappa shape index (κ3) is 2.64. The SMILES string of the molecule is Fc1ccccc1-c1ccc(/C=C/c2cn[nH]n2)cc1. The Bertz CT molecular complexity index is 716. The van der Waals surface area contributed by atoms with Gasteiger partial charge in [0.2, 0.25) is 0 Å². The molecular formula is C16H12FN3. The molecule has 1 aromatic heterocycles. The molecule has 3 aromatic rings. The van der Waals surface area contributed by atoms with Crippen molar-refractivity contribution in [1.82, 2.24) is 15.4 Å². The molecule has 98 valence electrons. The van der Waals surface area contributed by atoms with Gasteiger partial charge in [0, 0.05) is 5.56 Å². The van der Waals surface area contributed by atoms with Crippen LogP contribution >= 0.6 is 0 Å². The Morgan fingerprint density at radius 3 is 2.45 bits per heavy atom. The molecule has 0 aliphatic rings. The van der Waals surface area contributed by atoms with Crippen LogP contribution in [0.25, 0.3) is 23.3 Å². The Labute approximate surface area is 115 Å². The Morgan fingerprint density at radius 2 is 1.75 bits per heavy atom. The van der Waals surface area contributed by atoms with Gasteiger partial charge in [0.05, 0.1) is 6.20 Å². The molecule has 0 unspecified atom stereocenters. The van der Waals surface area contributed by atoms with Crippen molar-refractivity contribution < 1.29 is 4.39 Å². The first kappa shape index (κ1) is 12.3. The lowest BCUT2D eigenvalue weighted by Crippen LogP contribution is -1.83. The summed E-state index contributed by atoms with van der Waals surface area (Å²) in [5, 5.41) is 10.2. The standard InChI is InChI=1S/C16H12FN3/c17-16-4-2-1-3-15(16)13-8-5-12(6-9-13)7-10-14-11-18-20-19-14/h1-11H,(H,18,19,20)/b10-7+. The van der Waals surface area contributed by atoms with Gasteiger partial charge in [-0.05, 0) is 23.3 Å². The summed E-state index contributed by atoms with van der Waals surface area (Å²) >= 11 is 0. The highest BCUT2D eigenvalue weighted by molar-refractivity contribution is 5.71. The minimum atomic E-state index is -0.210. The van der Waals surface area contributed by atoms with Crippen LogP contribution in [0.2, 0.25) is 0 Å². The highest BCUT2D eigenvalue weighted by Gasteiger charge is 2.02. The molecule has 2 aromatic carbocycles. The van der Waals surface area contributed by atoms with E-state index in [1.54, 1.807) is 18.3 Å². The Balaban J connectivity index is 1.83. The molecule has 0 atom stereocenters. The summed E-state index contributed by atoms with van der Waals surface area (Å²) in [6.45, 7) is 0. The van der Waals surface area contributed by atoms with Crippen LogP contribution < -0.4 is 0 Å². The zero-order chi connectivity index (χ0) is 13.8. The van der Waals surface area contributed by atoms with E-state index in [1.807, 2.05) is 42.5 Å². The maximum atomic E-state index is 13.7. The minimum absolute atomic E-state index is 0.210. The molecule has 0 aliphatic carbocycles. The number of aromatic nitrogens is 3. The van der Waals surface area contributed by atoms with Crippen molar-refractivity contribution >= 4 is 12.2 Å². The first-order valence-corrected chi connectivity index (χ1v) is 6.22. The van der Waals surface area contributed by atoms with Crippen molar-refractivity contribution in [3.05, 3.63) is 71.8 Å². The third-order valence-electron chi connectivity index (χ3n) is 2.98. The van der Waals surface area contributed by atoms with Crippen LogP contribution in [0.15, 0.2) is 54.7 Å². The summed E-state index contributed by atoms with van der Waals surface area (Å²) < 4.78 is 13.7. The number of hydrogen-bond donors (Lipinski definition) is 1. The fourth-order valence-electron chi connectivity index (χ4n) is 1.94. The normalized spacial score (nSPS) is 11.1. The van der Waals surface area contributed by atoms with Gasteiger partial charge in [-0.15, -0.1) is 0 Å². The molecule has 1 heterocycles. The number of hydrogen-bond acceptors (Lipinski definition) is 2. The van der Waals surface area contributed by atoms with Crippen LogP contribution in [0, 0.1) is 5.82 Å². The van der Waals surface area contributed by atoms with Gasteiger partial charge in [-0.25, -0.2) is 4.39 Å². The molecule has 0 saturated carbocycles. The fraction of sp³-hybridized carbons (Fsp3) is 0. The Morgan fingerprint density at radius 1 is 0.950 bits per heavy atom.